The van der Waals surface area contributed by atoms with E-state index in [4.69, 9.17) is 0 Å². The summed E-state index contributed by atoms with van der Waals surface area (Å²) < 4.78 is 1.05. The van der Waals surface area contributed by atoms with Gasteiger partial charge >= 0.3 is 0 Å². The average molecular weight is 397 g/mol. The summed E-state index contributed by atoms with van der Waals surface area (Å²) in [6.45, 7) is 0.563. The lowest BCUT2D eigenvalue weighted by Gasteiger charge is -2.20. The molecule has 0 radical (unpaired) electrons. The van der Waals surface area contributed by atoms with Gasteiger partial charge in [0.1, 0.15) is 0 Å². The van der Waals surface area contributed by atoms with Gasteiger partial charge in [0.15, 0.2) is 0 Å². The van der Waals surface area contributed by atoms with Gasteiger partial charge in [0.2, 0.25) is 5.91 Å². The van der Waals surface area contributed by atoms with Gasteiger partial charge in [-0.15, -0.1) is 23.1 Å². The standard InChI is InChI=1S/C15H13BrN2O2S2/c1-18(7-10-3-5-13(16)22-10)15(20)9-2-4-12-11(6-9)17-14(19)8-21-12/h2-6H,7-8H2,1H3,(H,17,19). The molecule has 114 valence electrons. The molecule has 2 aromatic rings. The van der Waals surface area contributed by atoms with Crippen LogP contribution in [0.2, 0.25) is 0 Å². The lowest BCUT2D eigenvalue weighted by molar-refractivity contribution is -0.113. The first-order valence-corrected chi connectivity index (χ1v) is 9.19. The molecule has 22 heavy (non-hydrogen) atoms. The van der Waals surface area contributed by atoms with E-state index in [2.05, 4.69) is 21.2 Å². The first-order valence-electron chi connectivity index (χ1n) is 6.59. The minimum absolute atomic E-state index is 0.0288. The molecule has 7 heteroatoms. The maximum atomic E-state index is 12.5. The molecular formula is C15H13BrN2O2S2. The molecule has 1 aromatic heterocycles. The summed E-state index contributed by atoms with van der Waals surface area (Å²) >= 11 is 6.53. The minimum Gasteiger partial charge on any atom is -0.337 e. The lowest BCUT2D eigenvalue weighted by Crippen LogP contribution is -2.26. The molecule has 0 spiro atoms. The van der Waals surface area contributed by atoms with E-state index in [-0.39, 0.29) is 11.8 Å². The van der Waals surface area contributed by atoms with Crippen LogP contribution in [0, 0.1) is 0 Å². The van der Waals surface area contributed by atoms with E-state index in [1.54, 1.807) is 29.4 Å². The van der Waals surface area contributed by atoms with Crippen molar-refractivity contribution >= 4 is 56.5 Å². The molecule has 4 nitrogen and oxygen atoms in total. The number of anilines is 1. The van der Waals surface area contributed by atoms with Crippen LogP contribution in [-0.4, -0.2) is 29.5 Å². The third-order valence-electron chi connectivity index (χ3n) is 3.23. The van der Waals surface area contributed by atoms with Crippen molar-refractivity contribution in [2.75, 3.05) is 18.1 Å². The second kappa shape index (κ2) is 6.44. The van der Waals surface area contributed by atoms with E-state index in [0.717, 1.165) is 19.2 Å². The molecule has 1 aromatic carbocycles. The Morgan fingerprint density at radius 3 is 2.91 bits per heavy atom. The molecule has 0 fully saturated rings. The van der Waals surface area contributed by atoms with Crippen LogP contribution in [0.25, 0.3) is 0 Å². The topological polar surface area (TPSA) is 49.4 Å². The van der Waals surface area contributed by atoms with Gasteiger partial charge in [0.05, 0.1) is 21.8 Å². The fourth-order valence-electron chi connectivity index (χ4n) is 2.18. The van der Waals surface area contributed by atoms with Crippen LogP contribution >= 0.6 is 39.0 Å². The van der Waals surface area contributed by atoms with Crippen molar-refractivity contribution in [1.82, 2.24) is 4.90 Å². The highest BCUT2D eigenvalue weighted by molar-refractivity contribution is 9.11. The molecule has 1 aliphatic heterocycles. The first kappa shape index (κ1) is 15.6. The van der Waals surface area contributed by atoms with Crippen LogP contribution in [0.4, 0.5) is 5.69 Å². The predicted octanol–water partition coefficient (Wildman–Crippen LogP) is 3.83. The lowest BCUT2D eigenvalue weighted by atomic mass is 10.1. The van der Waals surface area contributed by atoms with Crippen molar-refractivity contribution in [3.05, 3.63) is 44.6 Å². The summed E-state index contributed by atoms with van der Waals surface area (Å²) in [5.41, 5.74) is 1.30. The molecule has 0 saturated carbocycles. The van der Waals surface area contributed by atoms with Crippen molar-refractivity contribution in [2.24, 2.45) is 0 Å². The van der Waals surface area contributed by atoms with Gasteiger partial charge in [-0.3, -0.25) is 9.59 Å². The zero-order valence-corrected chi connectivity index (χ0v) is 15.0. The fourth-order valence-corrected chi connectivity index (χ4v) is 4.50. The van der Waals surface area contributed by atoms with Gasteiger partial charge in [0.25, 0.3) is 5.91 Å². The molecule has 1 aliphatic rings. The molecule has 2 amide bonds. The van der Waals surface area contributed by atoms with E-state index >= 15 is 0 Å². The summed E-state index contributed by atoms with van der Waals surface area (Å²) in [7, 11) is 1.78. The van der Waals surface area contributed by atoms with Crippen molar-refractivity contribution in [2.45, 2.75) is 11.4 Å². The minimum atomic E-state index is -0.0582. The summed E-state index contributed by atoms with van der Waals surface area (Å²) in [5.74, 6) is 0.337. The summed E-state index contributed by atoms with van der Waals surface area (Å²) in [5, 5.41) is 2.81. The number of carbonyl (C=O) groups is 2. The van der Waals surface area contributed by atoms with Crippen LogP contribution in [0.1, 0.15) is 15.2 Å². The van der Waals surface area contributed by atoms with E-state index in [0.29, 0.717) is 17.9 Å². The van der Waals surface area contributed by atoms with Crippen LogP contribution in [0.5, 0.6) is 0 Å². The third kappa shape index (κ3) is 3.37. The van der Waals surface area contributed by atoms with E-state index in [1.165, 1.54) is 11.8 Å². The summed E-state index contributed by atoms with van der Waals surface area (Å²) in [4.78, 5) is 27.8. The number of rotatable bonds is 3. The number of nitrogens with one attached hydrogen (secondary N) is 1. The number of hydrogen-bond acceptors (Lipinski definition) is 4. The van der Waals surface area contributed by atoms with Gasteiger partial charge in [-0.05, 0) is 46.3 Å². The van der Waals surface area contributed by atoms with Crippen LogP contribution in [0.15, 0.2) is 39.0 Å². The van der Waals surface area contributed by atoms with E-state index < -0.39 is 0 Å². The van der Waals surface area contributed by atoms with Gasteiger partial charge in [0, 0.05) is 22.4 Å². The molecule has 0 bridgehead atoms. The monoisotopic (exact) mass is 396 g/mol. The maximum absolute atomic E-state index is 12.5. The third-order valence-corrected chi connectivity index (χ3v) is 5.91. The molecule has 0 saturated heterocycles. The van der Waals surface area contributed by atoms with Gasteiger partial charge in [-0.2, -0.15) is 0 Å². The summed E-state index contributed by atoms with van der Waals surface area (Å²) in [6.07, 6.45) is 0. The van der Waals surface area contributed by atoms with Gasteiger partial charge in [-0.25, -0.2) is 0 Å². The number of carbonyl (C=O) groups excluding carboxylic acids is 2. The molecule has 0 aliphatic carbocycles. The smallest absolute Gasteiger partial charge is 0.253 e. The Balaban J connectivity index is 1.77. The molecule has 3 rings (SSSR count). The molecule has 1 N–H and O–H groups in total. The zero-order chi connectivity index (χ0) is 15.7. The highest BCUT2D eigenvalue weighted by atomic mass is 79.9. The second-order valence-electron chi connectivity index (χ2n) is 4.91. The number of halogens is 1. The van der Waals surface area contributed by atoms with Gasteiger partial charge in [-0.1, -0.05) is 0 Å². The Hall–Kier alpha value is -1.31. The number of fused-ring (bicyclic) bond motifs is 1. The van der Waals surface area contributed by atoms with Crippen molar-refractivity contribution in [3.8, 4) is 0 Å². The molecule has 2 heterocycles. The number of thiophene rings is 1. The number of nitrogens with zero attached hydrogens (tertiary/aromatic N) is 1. The number of benzene rings is 1. The SMILES string of the molecule is CN(Cc1ccc(Br)s1)C(=O)c1ccc2c(c1)NC(=O)CS2. The highest BCUT2D eigenvalue weighted by Gasteiger charge is 2.19. The Morgan fingerprint density at radius 1 is 1.36 bits per heavy atom. The van der Waals surface area contributed by atoms with Crippen molar-refractivity contribution < 1.29 is 9.59 Å². The number of amides is 2. The maximum Gasteiger partial charge on any atom is 0.253 e. The fraction of sp³-hybridized carbons (Fsp3) is 0.200. The highest BCUT2D eigenvalue weighted by Crippen LogP contribution is 2.32. The Kier molecular flexibility index (Phi) is 4.56. The Morgan fingerprint density at radius 2 is 2.18 bits per heavy atom. The number of hydrogen-bond donors (Lipinski definition) is 1. The van der Waals surface area contributed by atoms with E-state index in [9.17, 15) is 9.59 Å². The zero-order valence-electron chi connectivity index (χ0n) is 11.8. The molecule has 0 atom stereocenters. The largest absolute Gasteiger partial charge is 0.337 e. The molecular weight excluding hydrogens is 384 g/mol. The first-order chi connectivity index (χ1) is 10.5. The van der Waals surface area contributed by atoms with E-state index in [1.807, 2.05) is 24.3 Å². The predicted molar refractivity (Wildman–Crippen MR) is 93.6 cm³/mol. The quantitative estimate of drug-likeness (QED) is 0.857. The van der Waals surface area contributed by atoms with Crippen molar-refractivity contribution in [1.29, 1.82) is 0 Å². The Bertz CT molecular complexity index is 745. The van der Waals surface area contributed by atoms with Crippen molar-refractivity contribution in [3.63, 3.8) is 0 Å². The number of thioether (sulfide) groups is 1. The average Bonchev–Trinajstić information content (AvgIpc) is 2.90. The Labute approximate surface area is 145 Å². The normalized spacial score (nSPS) is 13.5. The van der Waals surface area contributed by atoms with Crippen LogP contribution in [-0.2, 0) is 11.3 Å². The van der Waals surface area contributed by atoms with Crippen LogP contribution < -0.4 is 5.32 Å². The molecule has 0 unspecified atom stereocenters. The van der Waals surface area contributed by atoms with Gasteiger partial charge < -0.3 is 10.2 Å². The second-order valence-corrected chi connectivity index (χ2v) is 8.48. The summed E-state index contributed by atoms with van der Waals surface area (Å²) in [6, 6.07) is 9.43. The van der Waals surface area contributed by atoms with Crippen LogP contribution in [0.3, 0.4) is 0 Å².